The van der Waals surface area contributed by atoms with Crippen molar-refractivity contribution >= 4 is 15.8 Å². The Hall–Kier alpha value is -1.18. The van der Waals surface area contributed by atoms with Gasteiger partial charge in [0.15, 0.2) is 0 Å². The maximum Gasteiger partial charge on any atom is 0.246 e. The SMILES string of the molecule is CCNc1ncccc1S(=O)(=O)N1CC2CCC(O)C2C1. The van der Waals surface area contributed by atoms with E-state index in [-0.39, 0.29) is 22.8 Å². The Balaban J connectivity index is 1.88. The molecule has 0 amide bonds. The van der Waals surface area contributed by atoms with Gasteiger partial charge in [-0.2, -0.15) is 4.31 Å². The molecule has 2 N–H and O–H groups in total. The highest BCUT2D eigenvalue weighted by molar-refractivity contribution is 7.89. The predicted molar refractivity (Wildman–Crippen MR) is 79.4 cm³/mol. The minimum atomic E-state index is -3.56. The fraction of sp³-hybridized carbons (Fsp3) is 0.643. The Kier molecular flexibility index (Phi) is 3.90. The molecule has 0 bridgehead atoms. The molecule has 1 saturated carbocycles. The van der Waals surface area contributed by atoms with Gasteiger partial charge in [0.1, 0.15) is 10.7 Å². The number of hydrogen-bond donors (Lipinski definition) is 2. The summed E-state index contributed by atoms with van der Waals surface area (Å²) < 4.78 is 27.2. The summed E-state index contributed by atoms with van der Waals surface area (Å²) in [7, 11) is -3.56. The summed E-state index contributed by atoms with van der Waals surface area (Å²) in [6.07, 6.45) is 2.92. The second-order valence-electron chi connectivity index (χ2n) is 5.77. The third kappa shape index (κ3) is 2.54. The van der Waals surface area contributed by atoms with Crippen LogP contribution in [0.5, 0.6) is 0 Å². The first-order chi connectivity index (χ1) is 10.0. The first-order valence-corrected chi connectivity index (χ1v) is 8.85. The van der Waals surface area contributed by atoms with E-state index in [2.05, 4.69) is 10.3 Å². The molecule has 7 heteroatoms. The van der Waals surface area contributed by atoms with E-state index in [9.17, 15) is 13.5 Å². The van der Waals surface area contributed by atoms with Gasteiger partial charge in [0.05, 0.1) is 6.10 Å². The number of anilines is 1. The van der Waals surface area contributed by atoms with Crippen molar-refractivity contribution in [2.24, 2.45) is 11.8 Å². The highest BCUT2D eigenvalue weighted by Gasteiger charge is 2.46. The van der Waals surface area contributed by atoms with Crippen LogP contribution in [-0.2, 0) is 10.0 Å². The number of aliphatic hydroxyl groups is 1. The first-order valence-electron chi connectivity index (χ1n) is 7.41. The minimum Gasteiger partial charge on any atom is -0.393 e. The summed E-state index contributed by atoms with van der Waals surface area (Å²) in [6, 6.07) is 3.23. The van der Waals surface area contributed by atoms with Crippen LogP contribution in [0.15, 0.2) is 23.2 Å². The van der Waals surface area contributed by atoms with Crippen molar-refractivity contribution in [3.8, 4) is 0 Å². The number of aromatic nitrogens is 1. The van der Waals surface area contributed by atoms with Gasteiger partial charge >= 0.3 is 0 Å². The molecule has 21 heavy (non-hydrogen) atoms. The van der Waals surface area contributed by atoms with Gasteiger partial charge < -0.3 is 10.4 Å². The van der Waals surface area contributed by atoms with Crippen molar-refractivity contribution in [3.05, 3.63) is 18.3 Å². The molecule has 1 aromatic heterocycles. The van der Waals surface area contributed by atoms with Gasteiger partial charge in [-0.15, -0.1) is 0 Å². The van der Waals surface area contributed by atoms with E-state index < -0.39 is 10.0 Å². The molecular weight excluding hydrogens is 290 g/mol. The van der Waals surface area contributed by atoms with Crippen LogP contribution in [0.2, 0.25) is 0 Å². The van der Waals surface area contributed by atoms with Crippen LogP contribution in [0.1, 0.15) is 19.8 Å². The molecule has 0 aromatic carbocycles. The van der Waals surface area contributed by atoms with Crippen LogP contribution in [0, 0.1) is 11.8 Å². The van der Waals surface area contributed by atoms with E-state index in [4.69, 9.17) is 0 Å². The van der Waals surface area contributed by atoms with E-state index in [1.54, 1.807) is 18.3 Å². The molecule has 1 saturated heterocycles. The summed E-state index contributed by atoms with van der Waals surface area (Å²) in [5, 5.41) is 12.9. The monoisotopic (exact) mass is 311 g/mol. The van der Waals surface area contributed by atoms with Crippen LogP contribution >= 0.6 is 0 Å². The van der Waals surface area contributed by atoms with Gasteiger partial charge in [0.2, 0.25) is 10.0 Å². The average Bonchev–Trinajstić information content (AvgIpc) is 3.03. The maximum absolute atomic E-state index is 12.8. The van der Waals surface area contributed by atoms with Crippen LogP contribution in [0.25, 0.3) is 0 Å². The zero-order valence-electron chi connectivity index (χ0n) is 12.1. The molecule has 0 spiro atoms. The Labute approximate surface area is 125 Å². The molecule has 1 aliphatic heterocycles. The van der Waals surface area contributed by atoms with Gasteiger partial charge in [-0.3, -0.25) is 0 Å². The van der Waals surface area contributed by atoms with Crippen molar-refractivity contribution in [1.82, 2.24) is 9.29 Å². The third-order valence-electron chi connectivity index (χ3n) is 4.52. The first kappa shape index (κ1) is 14.7. The Morgan fingerprint density at radius 1 is 1.43 bits per heavy atom. The number of nitrogens with one attached hydrogen (secondary N) is 1. The fourth-order valence-electron chi connectivity index (χ4n) is 3.43. The van der Waals surface area contributed by atoms with E-state index in [0.717, 1.165) is 12.8 Å². The highest BCUT2D eigenvalue weighted by Crippen LogP contribution is 2.40. The Morgan fingerprint density at radius 3 is 2.95 bits per heavy atom. The summed E-state index contributed by atoms with van der Waals surface area (Å²) in [5.41, 5.74) is 0. The summed E-state index contributed by atoms with van der Waals surface area (Å²) in [5.74, 6) is 0.769. The van der Waals surface area contributed by atoms with Crippen molar-refractivity contribution < 1.29 is 13.5 Å². The molecule has 3 unspecified atom stereocenters. The number of rotatable bonds is 4. The lowest BCUT2D eigenvalue weighted by Gasteiger charge is -2.19. The standard InChI is InChI=1S/C14H21N3O3S/c1-2-15-14-13(4-3-7-16-14)21(19,20)17-8-10-5-6-12(18)11(10)9-17/h3-4,7,10-12,18H,2,5-6,8-9H2,1H3,(H,15,16). The summed E-state index contributed by atoms with van der Waals surface area (Å²) >= 11 is 0. The Bertz CT molecular complexity index is 620. The number of fused-ring (bicyclic) bond motifs is 1. The number of hydrogen-bond acceptors (Lipinski definition) is 5. The normalized spacial score (nSPS) is 29.5. The van der Waals surface area contributed by atoms with Gasteiger partial charge in [0.25, 0.3) is 0 Å². The fourth-order valence-corrected chi connectivity index (χ4v) is 5.08. The van der Waals surface area contributed by atoms with Crippen molar-refractivity contribution in [3.63, 3.8) is 0 Å². The second-order valence-corrected chi connectivity index (χ2v) is 7.68. The minimum absolute atomic E-state index is 0.0824. The number of sulfonamides is 1. The van der Waals surface area contributed by atoms with Gasteiger partial charge in [-0.1, -0.05) is 0 Å². The summed E-state index contributed by atoms with van der Waals surface area (Å²) in [6.45, 7) is 3.43. The van der Waals surface area contributed by atoms with Crippen LogP contribution in [0.4, 0.5) is 5.82 Å². The number of nitrogens with zero attached hydrogens (tertiary/aromatic N) is 2. The number of pyridine rings is 1. The second kappa shape index (κ2) is 5.55. The lowest BCUT2D eigenvalue weighted by molar-refractivity contribution is 0.129. The quantitative estimate of drug-likeness (QED) is 0.863. The van der Waals surface area contributed by atoms with Gasteiger partial charge in [0, 0.05) is 31.7 Å². The molecule has 1 aliphatic carbocycles. The molecular formula is C14H21N3O3S. The molecule has 6 nitrogen and oxygen atoms in total. The van der Waals surface area contributed by atoms with Crippen molar-refractivity contribution in [1.29, 1.82) is 0 Å². The highest BCUT2D eigenvalue weighted by atomic mass is 32.2. The molecule has 3 rings (SSSR count). The maximum atomic E-state index is 12.8. The number of aliphatic hydroxyl groups excluding tert-OH is 1. The average molecular weight is 311 g/mol. The smallest absolute Gasteiger partial charge is 0.246 e. The molecule has 2 heterocycles. The molecule has 3 atom stereocenters. The van der Waals surface area contributed by atoms with Crippen LogP contribution in [-0.4, -0.2) is 48.6 Å². The van der Waals surface area contributed by atoms with E-state index >= 15 is 0 Å². The van der Waals surface area contributed by atoms with Gasteiger partial charge in [-0.05, 0) is 37.8 Å². The van der Waals surface area contributed by atoms with Crippen molar-refractivity contribution in [2.75, 3.05) is 25.0 Å². The molecule has 1 aromatic rings. The van der Waals surface area contributed by atoms with Crippen molar-refractivity contribution in [2.45, 2.75) is 30.8 Å². The Morgan fingerprint density at radius 2 is 2.24 bits per heavy atom. The zero-order chi connectivity index (χ0) is 15.0. The molecule has 0 radical (unpaired) electrons. The lowest BCUT2D eigenvalue weighted by atomic mass is 10.00. The van der Waals surface area contributed by atoms with Gasteiger partial charge in [-0.25, -0.2) is 13.4 Å². The largest absolute Gasteiger partial charge is 0.393 e. The van der Waals surface area contributed by atoms with Crippen LogP contribution < -0.4 is 5.32 Å². The van der Waals surface area contributed by atoms with E-state index in [1.807, 2.05) is 6.92 Å². The predicted octanol–water partition coefficient (Wildman–Crippen LogP) is 0.905. The topological polar surface area (TPSA) is 82.5 Å². The van der Waals surface area contributed by atoms with Crippen LogP contribution in [0.3, 0.4) is 0 Å². The van der Waals surface area contributed by atoms with E-state index in [1.165, 1.54) is 4.31 Å². The molecule has 2 aliphatic rings. The van der Waals surface area contributed by atoms with E-state index in [0.29, 0.717) is 25.5 Å². The lowest BCUT2D eigenvalue weighted by Crippen LogP contribution is -2.31. The third-order valence-corrected chi connectivity index (χ3v) is 6.38. The summed E-state index contributed by atoms with van der Waals surface area (Å²) in [4.78, 5) is 4.35. The zero-order valence-corrected chi connectivity index (χ0v) is 12.9. The molecule has 116 valence electrons. The molecule has 2 fully saturated rings.